The summed E-state index contributed by atoms with van der Waals surface area (Å²) >= 11 is 5.93. The highest BCUT2D eigenvalue weighted by Crippen LogP contribution is 2.30. The Hall–Kier alpha value is -2.53. The molecule has 0 fully saturated rings. The number of pyridine rings is 1. The number of halogens is 1. The van der Waals surface area contributed by atoms with E-state index in [2.05, 4.69) is 4.98 Å². The molecule has 1 aromatic carbocycles. The van der Waals surface area contributed by atoms with E-state index in [4.69, 9.17) is 16.7 Å². The number of H-pyrrole nitrogens is 1. The third-order valence-electron chi connectivity index (χ3n) is 4.06. The fourth-order valence-electron chi connectivity index (χ4n) is 2.76. The van der Waals surface area contributed by atoms with Crippen LogP contribution in [0, 0.1) is 0 Å². The van der Waals surface area contributed by atoms with Crippen LogP contribution in [-0.4, -0.2) is 20.6 Å². The second kappa shape index (κ2) is 5.59. The molecule has 6 heteroatoms. The normalized spacial score (nSPS) is 12.5. The van der Waals surface area contributed by atoms with Gasteiger partial charge in [-0.15, -0.1) is 0 Å². The molecule has 2 aromatic heterocycles. The van der Waals surface area contributed by atoms with E-state index < -0.39 is 5.97 Å². The van der Waals surface area contributed by atoms with Gasteiger partial charge in [0.25, 0.3) is 5.56 Å². The summed E-state index contributed by atoms with van der Waals surface area (Å²) in [6.45, 7) is 2.01. The zero-order valence-corrected chi connectivity index (χ0v) is 13.4. The van der Waals surface area contributed by atoms with E-state index in [0.717, 1.165) is 11.1 Å². The minimum absolute atomic E-state index is 0.00727. The molecule has 5 nitrogen and oxygen atoms in total. The first kappa shape index (κ1) is 15.4. The highest BCUT2D eigenvalue weighted by molar-refractivity contribution is 6.30. The van der Waals surface area contributed by atoms with Crippen molar-refractivity contribution in [3.63, 3.8) is 0 Å². The maximum atomic E-state index is 12.2. The summed E-state index contributed by atoms with van der Waals surface area (Å²) < 4.78 is 1.46. The predicted molar refractivity (Wildman–Crippen MR) is 89.5 cm³/mol. The molecule has 0 radical (unpaired) electrons. The molecular weight excluding hydrogens is 316 g/mol. The first-order valence-electron chi connectivity index (χ1n) is 7.09. The number of aromatic nitrogens is 2. The van der Waals surface area contributed by atoms with Crippen LogP contribution in [0.25, 0.3) is 10.9 Å². The lowest BCUT2D eigenvalue weighted by molar-refractivity contribution is 0.0691. The van der Waals surface area contributed by atoms with Crippen molar-refractivity contribution >= 4 is 28.5 Å². The molecule has 1 atom stereocenters. The highest BCUT2D eigenvalue weighted by Gasteiger charge is 2.18. The van der Waals surface area contributed by atoms with Crippen molar-refractivity contribution in [3.8, 4) is 0 Å². The number of nitrogens with zero attached hydrogens (tertiary/aromatic N) is 1. The third-order valence-corrected chi connectivity index (χ3v) is 4.31. The number of aromatic amines is 1. The van der Waals surface area contributed by atoms with Gasteiger partial charge in [-0.25, -0.2) is 4.79 Å². The van der Waals surface area contributed by atoms with Gasteiger partial charge in [0.15, 0.2) is 0 Å². The SMILES string of the molecule is CC(c1ccc(Cl)cc1)c1cn(C)c(=O)c2[nH]c(C(=O)O)cc12. The number of carboxylic acid groups (broad SMARTS) is 1. The topological polar surface area (TPSA) is 75.1 Å². The number of hydrogen-bond donors (Lipinski definition) is 2. The Bertz CT molecular complexity index is 954. The minimum Gasteiger partial charge on any atom is -0.477 e. The fraction of sp³-hybridized carbons (Fsp3) is 0.176. The second-order valence-electron chi connectivity index (χ2n) is 5.55. The Morgan fingerprint density at radius 2 is 1.96 bits per heavy atom. The molecule has 1 unspecified atom stereocenters. The standard InChI is InChI=1S/C17H15ClN2O3/c1-9(10-3-5-11(18)6-4-10)13-8-20(2)16(21)15-12(13)7-14(19-15)17(22)23/h3-9,19H,1-2H3,(H,22,23). The van der Waals surface area contributed by atoms with Gasteiger partial charge in [0, 0.05) is 29.6 Å². The van der Waals surface area contributed by atoms with Crippen molar-refractivity contribution in [1.29, 1.82) is 0 Å². The lowest BCUT2D eigenvalue weighted by Crippen LogP contribution is -2.18. The largest absolute Gasteiger partial charge is 0.477 e. The van der Waals surface area contributed by atoms with Crippen molar-refractivity contribution in [3.05, 3.63) is 68.7 Å². The van der Waals surface area contributed by atoms with Crippen molar-refractivity contribution in [2.24, 2.45) is 7.05 Å². The van der Waals surface area contributed by atoms with Gasteiger partial charge in [0.1, 0.15) is 11.2 Å². The zero-order valence-electron chi connectivity index (χ0n) is 12.6. The number of benzene rings is 1. The molecular formula is C17H15ClN2O3. The maximum Gasteiger partial charge on any atom is 0.352 e. The number of nitrogens with one attached hydrogen (secondary N) is 1. The molecule has 0 amide bonds. The summed E-state index contributed by atoms with van der Waals surface area (Å²) in [5.41, 5.74) is 1.98. The van der Waals surface area contributed by atoms with Gasteiger partial charge >= 0.3 is 5.97 Å². The third kappa shape index (κ3) is 2.64. The summed E-state index contributed by atoms with van der Waals surface area (Å²) in [5, 5.41) is 10.5. The average molecular weight is 331 g/mol. The van der Waals surface area contributed by atoms with Crippen LogP contribution in [0.3, 0.4) is 0 Å². The van der Waals surface area contributed by atoms with Crippen LogP contribution >= 0.6 is 11.6 Å². The van der Waals surface area contributed by atoms with Gasteiger partial charge in [-0.2, -0.15) is 0 Å². The van der Waals surface area contributed by atoms with Crippen molar-refractivity contribution in [2.45, 2.75) is 12.8 Å². The zero-order chi connectivity index (χ0) is 16.7. The predicted octanol–water partition coefficient (Wildman–Crippen LogP) is 3.37. The molecule has 0 aliphatic heterocycles. The van der Waals surface area contributed by atoms with E-state index in [-0.39, 0.29) is 17.2 Å². The molecule has 118 valence electrons. The van der Waals surface area contributed by atoms with Gasteiger partial charge in [-0.05, 0) is 29.3 Å². The average Bonchev–Trinajstić information content (AvgIpc) is 2.97. The van der Waals surface area contributed by atoms with E-state index in [0.29, 0.717) is 15.9 Å². The minimum atomic E-state index is -1.09. The molecule has 0 spiro atoms. The Balaban J connectivity index is 2.24. The van der Waals surface area contributed by atoms with Gasteiger partial charge in [-0.1, -0.05) is 30.7 Å². The van der Waals surface area contributed by atoms with Crippen LogP contribution in [0.2, 0.25) is 5.02 Å². The van der Waals surface area contributed by atoms with Crippen molar-refractivity contribution < 1.29 is 9.90 Å². The molecule has 23 heavy (non-hydrogen) atoms. The van der Waals surface area contributed by atoms with Gasteiger partial charge in [-0.3, -0.25) is 4.79 Å². The van der Waals surface area contributed by atoms with E-state index in [9.17, 15) is 9.59 Å². The lowest BCUT2D eigenvalue weighted by atomic mass is 9.92. The molecule has 2 heterocycles. The van der Waals surface area contributed by atoms with E-state index in [1.54, 1.807) is 13.2 Å². The molecule has 0 bridgehead atoms. The molecule has 2 N–H and O–H groups in total. The quantitative estimate of drug-likeness (QED) is 0.773. The van der Waals surface area contributed by atoms with Crippen molar-refractivity contribution in [1.82, 2.24) is 9.55 Å². The van der Waals surface area contributed by atoms with Crippen LogP contribution in [0.1, 0.15) is 34.5 Å². The molecule has 3 aromatic rings. The Labute approximate surface area is 137 Å². The van der Waals surface area contributed by atoms with E-state index in [1.165, 1.54) is 10.6 Å². The Kier molecular flexibility index (Phi) is 3.74. The molecule has 0 aliphatic carbocycles. The highest BCUT2D eigenvalue weighted by atomic mass is 35.5. The second-order valence-corrected chi connectivity index (χ2v) is 5.99. The summed E-state index contributed by atoms with van der Waals surface area (Å²) in [7, 11) is 1.65. The van der Waals surface area contributed by atoms with Crippen LogP contribution in [0.4, 0.5) is 0 Å². The van der Waals surface area contributed by atoms with Gasteiger partial charge in [0.2, 0.25) is 0 Å². The summed E-state index contributed by atoms with van der Waals surface area (Å²) in [5.74, 6) is -1.10. The molecule has 0 aliphatic rings. The van der Waals surface area contributed by atoms with Crippen molar-refractivity contribution in [2.75, 3.05) is 0 Å². The molecule has 0 saturated carbocycles. The first-order chi connectivity index (χ1) is 10.9. The van der Waals surface area contributed by atoms with Crippen LogP contribution in [0.5, 0.6) is 0 Å². The lowest BCUT2D eigenvalue weighted by Gasteiger charge is -2.15. The monoisotopic (exact) mass is 330 g/mol. The van der Waals surface area contributed by atoms with Crippen LogP contribution in [-0.2, 0) is 7.05 Å². The van der Waals surface area contributed by atoms with Crippen LogP contribution in [0.15, 0.2) is 41.3 Å². The maximum absolute atomic E-state index is 12.2. The number of fused-ring (bicyclic) bond motifs is 1. The number of aromatic carboxylic acids is 1. The first-order valence-corrected chi connectivity index (χ1v) is 7.47. The van der Waals surface area contributed by atoms with Gasteiger partial charge in [0.05, 0.1) is 0 Å². The summed E-state index contributed by atoms with van der Waals surface area (Å²) in [6.07, 6.45) is 1.75. The number of aryl methyl sites for hydroxylation is 1. The summed E-state index contributed by atoms with van der Waals surface area (Å²) in [6, 6.07) is 8.99. The van der Waals surface area contributed by atoms with E-state index >= 15 is 0 Å². The fourth-order valence-corrected chi connectivity index (χ4v) is 2.88. The molecule has 3 rings (SSSR count). The molecule has 0 saturated heterocycles. The Morgan fingerprint density at radius 1 is 1.30 bits per heavy atom. The number of carboxylic acids is 1. The number of rotatable bonds is 3. The van der Waals surface area contributed by atoms with E-state index in [1.807, 2.05) is 31.2 Å². The summed E-state index contributed by atoms with van der Waals surface area (Å²) in [4.78, 5) is 26.1. The van der Waals surface area contributed by atoms with Crippen LogP contribution < -0.4 is 5.56 Å². The number of hydrogen-bond acceptors (Lipinski definition) is 2. The Morgan fingerprint density at radius 3 is 2.57 bits per heavy atom. The van der Waals surface area contributed by atoms with Gasteiger partial charge < -0.3 is 14.7 Å². The number of carbonyl (C=O) groups is 1. The smallest absolute Gasteiger partial charge is 0.352 e.